The Labute approximate surface area is 131 Å². The summed E-state index contributed by atoms with van der Waals surface area (Å²) in [6.45, 7) is 8.36. The highest BCUT2D eigenvalue weighted by Gasteiger charge is 2.33. The van der Waals surface area contributed by atoms with Crippen LogP contribution in [-0.4, -0.2) is 55.6 Å². The van der Waals surface area contributed by atoms with Crippen LogP contribution < -0.4 is 0 Å². The average Bonchev–Trinajstić information content (AvgIpc) is 3.24. The lowest BCUT2D eigenvalue weighted by molar-refractivity contribution is 0.214. The maximum atomic E-state index is 9.71. The van der Waals surface area contributed by atoms with Crippen molar-refractivity contribution in [3.05, 3.63) is 36.7 Å². The first kappa shape index (κ1) is 15.2. The van der Waals surface area contributed by atoms with E-state index >= 15 is 0 Å². The highest BCUT2D eigenvalue weighted by atomic mass is 16.3. The van der Waals surface area contributed by atoms with Crippen LogP contribution in [0, 0.1) is 5.92 Å². The van der Waals surface area contributed by atoms with E-state index in [1.54, 1.807) is 0 Å². The fraction of sp³-hybridized carbons (Fsp3) is 0.625. The molecule has 22 heavy (non-hydrogen) atoms. The average molecular weight is 303 g/mol. The Balaban J connectivity index is 1.63. The van der Waals surface area contributed by atoms with E-state index in [0.29, 0.717) is 17.9 Å². The Hall–Kier alpha value is -1.66. The predicted molar refractivity (Wildman–Crippen MR) is 84.6 cm³/mol. The molecule has 1 aliphatic heterocycles. The normalized spacial score (nSPS) is 22.7. The van der Waals surface area contributed by atoms with Gasteiger partial charge in [0.25, 0.3) is 0 Å². The summed E-state index contributed by atoms with van der Waals surface area (Å²) in [5, 5.41) is 14.2. The zero-order chi connectivity index (χ0) is 15.5. The van der Waals surface area contributed by atoms with Gasteiger partial charge in [-0.05, 0) is 19.4 Å². The first-order valence-electron chi connectivity index (χ1n) is 8.00. The highest BCUT2D eigenvalue weighted by molar-refractivity contribution is 5.16. The minimum atomic E-state index is 0.235. The predicted octanol–water partition coefficient (Wildman–Crippen LogP) is 1.37. The Morgan fingerprint density at radius 2 is 2.18 bits per heavy atom. The molecule has 3 heterocycles. The van der Waals surface area contributed by atoms with Crippen LogP contribution in [0.2, 0.25) is 0 Å². The molecule has 0 spiro atoms. The standard InChI is InChI=1S/C16H25N5O/c1-13(2)21-9-14(7-18-21)16-10-20(8-15(16)11-22)6-5-19-4-3-17-12-19/h3-4,7,9,12-13,15-16,22H,5-6,8,10-11H2,1-2H3/t15-,16-/m0/s1. The SMILES string of the molecule is CC(C)n1cc([C@@H]2CN(CCn3ccnc3)C[C@H]2CO)cn1. The molecule has 2 aromatic heterocycles. The van der Waals surface area contributed by atoms with Crippen molar-refractivity contribution in [2.24, 2.45) is 5.92 Å². The summed E-state index contributed by atoms with van der Waals surface area (Å²) in [5.41, 5.74) is 1.25. The second-order valence-electron chi connectivity index (χ2n) is 6.46. The molecule has 0 aliphatic carbocycles. The smallest absolute Gasteiger partial charge is 0.0946 e. The van der Waals surface area contributed by atoms with Crippen molar-refractivity contribution in [3.63, 3.8) is 0 Å². The van der Waals surface area contributed by atoms with E-state index in [0.717, 1.165) is 26.2 Å². The van der Waals surface area contributed by atoms with Crippen LogP contribution in [0.5, 0.6) is 0 Å². The number of aliphatic hydroxyl groups is 1. The molecule has 1 fully saturated rings. The molecule has 0 saturated carbocycles. The summed E-state index contributed by atoms with van der Waals surface area (Å²) < 4.78 is 4.09. The molecule has 6 heteroatoms. The first-order chi connectivity index (χ1) is 10.7. The summed E-state index contributed by atoms with van der Waals surface area (Å²) in [6.07, 6.45) is 9.75. The van der Waals surface area contributed by atoms with Gasteiger partial charge in [-0.1, -0.05) is 0 Å². The molecule has 2 atom stereocenters. The molecule has 0 bridgehead atoms. The number of hydrogen-bond acceptors (Lipinski definition) is 4. The van der Waals surface area contributed by atoms with Crippen LogP contribution in [0.4, 0.5) is 0 Å². The summed E-state index contributed by atoms with van der Waals surface area (Å²) in [4.78, 5) is 6.50. The third kappa shape index (κ3) is 3.23. The van der Waals surface area contributed by atoms with Crippen molar-refractivity contribution in [3.8, 4) is 0 Å². The Bertz CT molecular complexity index is 577. The monoisotopic (exact) mass is 303 g/mol. The third-order valence-electron chi connectivity index (χ3n) is 4.56. The van der Waals surface area contributed by atoms with Crippen molar-refractivity contribution in [2.45, 2.75) is 32.4 Å². The van der Waals surface area contributed by atoms with Crippen LogP contribution in [0.25, 0.3) is 0 Å². The lowest BCUT2D eigenvalue weighted by Crippen LogP contribution is -2.25. The van der Waals surface area contributed by atoms with E-state index in [2.05, 4.69) is 39.6 Å². The Morgan fingerprint density at radius 1 is 1.32 bits per heavy atom. The molecular formula is C16H25N5O. The molecule has 0 aromatic carbocycles. The van der Waals surface area contributed by atoms with E-state index in [4.69, 9.17) is 0 Å². The van der Waals surface area contributed by atoms with Crippen LogP contribution >= 0.6 is 0 Å². The molecule has 120 valence electrons. The summed E-state index contributed by atoms with van der Waals surface area (Å²) >= 11 is 0. The van der Waals surface area contributed by atoms with E-state index < -0.39 is 0 Å². The number of rotatable bonds is 6. The van der Waals surface area contributed by atoms with E-state index in [9.17, 15) is 5.11 Å². The van der Waals surface area contributed by atoms with Crippen molar-refractivity contribution in [1.82, 2.24) is 24.2 Å². The van der Waals surface area contributed by atoms with Gasteiger partial charge in [0, 0.05) is 69.3 Å². The van der Waals surface area contributed by atoms with E-state index in [1.807, 2.05) is 29.6 Å². The second-order valence-corrected chi connectivity index (χ2v) is 6.46. The van der Waals surface area contributed by atoms with Crippen LogP contribution in [0.15, 0.2) is 31.1 Å². The van der Waals surface area contributed by atoms with Gasteiger partial charge >= 0.3 is 0 Å². The molecule has 1 N–H and O–H groups in total. The first-order valence-corrected chi connectivity index (χ1v) is 8.00. The zero-order valence-electron chi connectivity index (χ0n) is 13.3. The quantitative estimate of drug-likeness (QED) is 0.875. The highest BCUT2D eigenvalue weighted by Crippen LogP contribution is 2.32. The molecule has 2 aromatic rings. The minimum Gasteiger partial charge on any atom is -0.396 e. The number of aromatic nitrogens is 4. The second kappa shape index (κ2) is 6.62. The fourth-order valence-corrected chi connectivity index (χ4v) is 3.21. The maximum Gasteiger partial charge on any atom is 0.0946 e. The van der Waals surface area contributed by atoms with Gasteiger partial charge in [0.05, 0.1) is 12.5 Å². The number of hydrogen-bond donors (Lipinski definition) is 1. The van der Waals surface area contributed by atoms with Crippen molar-refractivity contribution in [2.75, 3.05) is 26.2 Å². The Kier molecular flexibility index (Phi) is 4.59. The lowest BCUT2D eigenvalue weighted by atomic mass is 9.92. The third-order valence-corrected chi connectivity index (χ3v) is 4.56. The van der Waals surface area contributed by atoms with Gasteiger partial charge in [-0.3, -0.25) is 4.68 Å². The molecule has 3 rings (SSSR count). The van der Waals surface area contributed by atoms with Crippen molar-refractivity contribution in [1.29, 1.82) is 0 Å². The van der Waals surface area contributed by atoms with Gasteiger partial charge in [-0.2, -0.15) is 5.10 Å². The zero-order valence-corrected chi connectivity index (χ0v) is 13.3. The van der Waals surface area contributed by atoms with Gasteiger partial charge in [-0.15, -0.1) is 0 Å². The van der Waals surface area contributed by atoms with Gasteiger partial charge < -0.3 is 14.6 Å². The van der Waals surface area contributed by atoms with Gasteiger partial charge in [0.15, 0.2) is 0 Å². The molecule has 1 saturated heterocycles. The fourth-order valence-electron chi connectivity index (χ4n) is 3.21. The summed E-state index contributed by atoms with van der Waals surface area (Å²) in [6, 6.07) is 0.375. The van der Waals surface area contributed by atoms with E-state index in [-0.39, 0.29) is 6.61 Å². The molecule has 1 aliphatic rings. The van der Waals surface area contributed by atoms with Crippen molar-refractivity contribution >= 4 is 0 Å². The van der Waals surface area contributed by atoms with Crippen LogP contribution in [-0.2, 0) is 6.54 Å². The molecule has 6 nitrogen and oxygen atoms in total. The van der Waals surface area contributed by atoms with Gasteiger partial charge in [0.1, 0.15) is 0 Å². The van der Waals surface area contributed by atoms with Gasteiger partial charge in [0.2, 0.25) is 0 Å². The van der Waals surface area contributed by atoms with Gasteiger partial charge in [-0.25, -0.2) is 4.98 Å². The largest absolute Gasteiger partial charge is 0.396 e. The molecule has 0 unspecified atom stereocenters. The summed E-state index contributed by atoms with van der Waals surface area (Å²) in [7, 11) is 0. The number of nitrogens with zero attached hydrogens (tertiary/aromatic N) is 5. The molecule has 0 radical (unpaired) electrons. The molecule has 0 amide bonds. The van der Waals surface area contributed by atoms with Crippen LogP contribution in [0.3, 0.4) is 0 Å². The van der Waals surface area contributed by atoms with E-state index in [1.165, 1.54) is 5.56 Å². The minimum absolute atomic E-state index is 0.235. The number of imidazole rings is 1. The summed E-state index contributed by atoms with van der Waals surface area (Å²) in [5.74, 6) is 0.674. The molecular weight excluding hydrogens is 278 g/mol. The van der Waals surface area contributed by atoms with Crippen LogP contribution in [0.1, 0.15) is 31.4 Å². The topological polar surface area (TPSA) is 59.1 Å². The van der Waals surface area contributed by atoms with Crippen molar-refractivity contribution < 1.29 is 5.11 Å². The number of aliphatic hydroxyl groups excluding tert-OH is 1. The number of likely N-dealkylation sites (tertiary alicyclic amines) is 1. The maximum absolute atomic E-state index is 9.71. The lowest BCUT2D eigenvalue weighted by Gasteiger charge is -2.15. The Morgan fingerprint density at radius 3 is 2.82 bits per heavy atom.